The highest BCUT2D eigenvalue weighted by molar-refractivity contribution is 6.02. The van der Waals surface area contributed by atoms with Crippen LogP contribution in [0.1, 0.15) is 39.2 Å². The molecule has 158 valence electrons. The zero-order valence-electron chi connectivity index (χ0n) is 17.8. The van der Waals surface area contributed by atoms with Crippen molar-refractivity contribution in [2.75, 3.05) is 13.2 Å². The van der Waals surface area contributed by atoms with Gasteiger partial charge < -0.3 is 15.2 Å². The summed E-state index contributed by atoms with van der Waals surface area (Å²) in [6, 6.07) is 9.95. The van der Waals surface area contributed by atoms with Gasteiger partial charge in [-0.25, -0.2) is 0 Å². The molecule has 2 unspecified atom stereocenters. The fraction of sp³-hybridized carbons (Fsp3) is 0.360. The summed E-state index contributed by atoms with van der Waals surface area (Å²) in [4.78, 5) is 23.9. The summed E-state index contributed by atoms with van der Waals surface area (Å²) in [6.07, 6.45) is 6.69. The predicted octanol–water partition coefficient (Wildman–Crippen LogP) is 4.12. The van der Waals surface area contributed by atoms with Crippen LogP contribution < -0.4 is 5.73 Å². The van der Waals surface area contributed by atoms with Gasteiger partial charge in [-0.05, 0) is 48.6 Å². The number of primary amides is 1. The van der Waals surface area contributed by atoms with Crippen molar-refractivity contribution < 1.29 is 19.1 Å². The van der Waals surface area contributed by atoms with Gasteiger partial charge in [0.05, 0.1) is 6.61 Å². The van der Waals surface area contributed by atoms with E-state index in [1.165, 1.54) is 0 Å². The van der Waals surface area contributed by atoms with E-state index < -0.39 is 5.91 Å². The Balaban J connectivity index is 1.88. The van der Waals surface area contributed by atoms with Gasteiger partial charge >= 0.3 is 5.97 Å². The lowest BCUT2D eigenvalue weighted by Crippen LogP contribution is -2.23. The molecule has 0 bridgehead atoms. The molecule has 0 spiro atoms. The number of carbonyl (C=O) groups excluding carboxylic acids is 2. The average Bonchev–Trinajstić information content (AvgIpc) is 2.98. The average molecular weight is 408 g/mol. The third-order valence-electron chi connectivity index (χ3n) is 5.59. The topological polar surface area (TPSA) is 78.6 Å². The van der Waals surface area contributed by atoms with E-state index in [1.807, 2.05) is 49.4 Å². The molecule has 1 aromatic carbocycles. The first kappa shape index (κ1) is 21.8. The maximum Gasteiger partial charge on any atom is 0.305 e. The number of carbonyl (C=O) groups is 2. The van der Waals surface area contributed by atoms with Crippen LogP contribution in [-0.4, -0.2) is 31.2 Å². The maximum atomic E-state index is 12.3. The second-order valence-corrected chi connectivity index (χ2v) is 7.54. The molecule has 0 aliphatic heterocycles. The summed E-state index contributed by atoms with van der Waals surface area (Å²) >= 11 is 0. The molecule has 5 nitrogen and oxygen atoms in total. The van der Waals surface area contributed by atoms with Gasteiger partial charge in [0.1, 0.15) is 6.10 Å². The zero-order valence-corrected chi connectivity index (χ0v) is 17.8. The smallest absolute Gasteiger partial charge is 0.305 e. The fourth-order valence-electron chi connectivity index (χ4n) is 3.99. The van der Waals surface area contributed by atoms with E-state index in [2.05, 4.69) is 13.0 Å². The molecule has 0 fully saturated rings. The quantitative estimate of drug-likeness (QED) is 0.519. The van der Waals surface area contributed by atoms with E-state index in [0.29, 0.717) is 31.6 Å². The minimum Gasteiger partial charge on any atom is -0.466 e. The lowest BCUT2D eigenvalue weighted by molar-refractivity contribution is -0.143. The van der Waals surface area contributed by atoms with Gasteiger partial charge in [-0.2, -0.15) is 0 Å². The van der Waals surface area contributed by atoms with Crippen LogP contribution in [0.5, 0.6) is 0 Å². The van der Waals surface area contributed by atoms with Gasteiger partial charge in [-0.3, -0.25) is 9.59 Å². The molecule has 0 saturated heterocycles. The second-order valence-electron chi connectivity index (χ2n) is 7.54. The van der Waals surface area contributed by atoms with Crippen LogP contribution in [0.15, 0.2) is 70.3 Å². The Kier molecular flexibility index (Phi) is 7.06. The number of hydrogen-bond donors (Lipinski definition) is 1. The van der Waals surface area contributed by atoms with Crippen LogP contribution in [0.2, 0.25) is 0 Å². The molecule has 2 N–H and O–H groups in total. The summed E-state index contributed by atoms with van der Waals surface area (Å²) < 4.78 is 11.1. The number of esters is 1. The van der Waals surface area contributed by atoms with Crippen LogP contribution >= 0.6 is 0 Å². The van der Waals surface area contributed by atoms with E-state index in [0.717, 1.165) is 27.9 Å². The molecule has 0 heterocycles. The Hall–Kier alpha value is -2.92. The summed E-state index contributed by atoms with van der Waals surface area (Å²) in [5.41, 5.74) is 11.3. The Bertz CT molecular complexity index is 937. The molecule has 0 aromatic heterocycles. The number of rotatable bonds is 8. The number of nitrogens with two attached hydrogens (primary N) is 1. The van der Waals surface area contributed by atoms with Gasteiger partial charge in [-0.1, -0.05) is 55.0 Å². The minimum atomic E-state index is -0.417. The van der Waals surface area contributed by atoms with Crippen LogP contribution in [0, 0.1) is 5.92 Å². The van der Waals surface area contributed by atoms with Gasteiger partial charge in [0.25, 0.3) is 0 Å². The maximum absolute atomic E-state index is 12.3. The van der Waals surface area contributed by atoms with E-state index in [4.69, 9.17) is 15.2 Å². The molecule has 2 aliphatic rings. The minimum absolute atomic E-state index is 0.127. The van der Waals surface area contributed by atoms with Gasteiger partial charge in [0.2, 0.25) is 5.91 Å². The van der Waals surface area contributed by atoms with Crippen molar-refractivity contribution in [3.05, 3.63) is 75.9 Å². The summed E-state index contributed by atoms with van der Waals surface area (Å²) in [5, 5.41) is 0. The number of amides is 1. The highest BCUT2D eigenvalue weighted by Gasteiger charge is 2.36. The zero-order chi connectivity index (χ0) is 21.7. The molecule has 5 heteroatoms. The third kappa shape index (κ3) is 4.62. The number of hydrogen-bond acceptors (Lipinski definition) is 4. The van der Waals surface area contributed by atoms with Crippen LogP contribution in [0.3, 0.4) is 0 Å². The first-order chi connectivity index (χ1) is 14.4. The van der Waals surface area contributed by atoms with Crippen molar-refractivity contribution in [1.82, 2.24) is 0 Å². The van der Waals surface area contributed by atoms with Crippen LogP contribution in [0.4, 0.5) is 0 Å². The summed E-state index contributed by atoms with van der Waals surface area (Å²) in [6.45, 7) is 6.64. The Morgan fingerprint density at radius 2 is 1.93 bits per heavy atom. The Labute approximate surface area is 177 Å². The van der Waals surface area contributed by atoms with Crippen LogP contribution in [0.25, 0.3) is 6.08 Å². The lowest BCUT2D eigenvalue weighted by atomic mass is 9.85. The molecule has 0 saturated carbocycles. The normalized spacial score (nSPS) is 21.9. The van der Waals surface area contributed by atoms with E-state index in [-0.39, 0.29) is 18.0 Å². The Morgan fingerprint density at radius 1 is 1.20 bits per heavy atom. The van der Waals surface area contributed by atoms with Gasteiger partial charge in [0, 0.05) is 24.5 Å². The van der Waals surface area contributed by atoms with Crippen molar-refractivity contribution in [3.63, 3.8) is 0 Å². The summed E-state index contributed by atoms with van der Waals surface area (Å²) in [7, 11) is 0. The lowest BCUT2D eigenvalue weighted by Gasteiger charge is -2.25. The largest absolute Gasteiger partial charge is 0.466 e. The highest BCUT2D eigenvalue weighted by atomic mass is 16.5. The second kappa shape index (κ2) is 9.72. The van der Waals surface area contributed by atoms with Crippen molar-refractivity contribution in [2.45, 2.75) is 39.7 Å². The SMILES string of the molecule is CCOC(=O)CCCOC1C=CC2=C(C1=Cc1ccccc1)C(C(N)=O)=C(C)C2C. The first-order valence-electron chi connectivity index (χ1n) is 10.4. The molecule has 0 radical (unpaired) electrons. The molecular weight excluding hydrogens is 378 g/mol. The number of ether oxygens (including phenoxy) is 2. The number of benzene rings is 1. The van der Waals surface area contributed by atoms with Crippen LogP contribution in [-0.2, 0) is 19.1 Å². The summed E-state index contributed by atoms with van der Waals surface area (Å²) in [5.74, 6) is -0.508. The van der Waals surface area contributed by atoms with Gasteiger partial charge in [0.15, 0.2) is 0 Å². The molecule has 1 amide bonds. The molecule has 30 heavy (non-hydrogen) atoms. The molecule has 2 atom stereocenters. The highest BCUT2D eigenvalue weighted by Crippen LogP contribution is 2.45. The molecular formula is C25H29NO4. The predicted molar refractivity (Wildman–Crippen MR) is 117 cm³/mol. The fourth-order valence-corrected chi connectivity index (χ4v) is 3.99. The number of allylic oxidation sites excluding steroid dienone is 3. The monoisotopic (exact) mass is 407 g/mol. The molecule has 2 aliphatic carbocycles. The molecule has 3 rings (SSSR count). The van der Waals surface area contributed by atoms with Crippen molar-refractivity contribution in [3.8, 4) is 0 Å². The van der Waals surface area contributed by atoms with Crippen molar-refractivity contribution >= 4 is 18.0 Å². The van der Waals surface area contributed by atoms with Gasteiger partial charge in [-0.15, -0.1) is 0 Å². The van der Waals surface area contributed by atoms with Crippen molar-refractivity contribution in [1.29, 1.82) is 0 Å². The van der Waals surface area contributed by atoms with Crippen molar-refractivity contribution in [2.24, 2.45) is 11.7 Å². The van der Waals surface area contributed by atoms with E-state index in [9.17, 15) is 9.59 Å². The first-order valence-corrected chi connectivity index (χ1v) is 10.4. The molecule has 1 aromatic rings. The standard InChI is InChI=1S/C25H29NO4/c1-4-29-22(27)11-8-14-30-21-13-12-19-16(2)17(3)23(25(26)28)24(19)20(21)15-18-9-6-5-7-10-18/h5-7,9-10,12-13,15-16,21H,4,8,11,14H2,1-3H3,(H2,26,28). The van der Waals surface area contributed by atoms with E-state index in [1.54, 1.807) is 6.92 Å². The third-order valence-corrected chi connectivity index (χ3v) is 5.59. The van der Waals surface area contributed by atoms with E-state index >= 15 is 0 Å². The Morgan fingerprint density at radius 3 is 2.60 bits per heavy atom.